The zero-order valence-corrected chi connectivity index (χ0v) is 20.1. The van der Waals surface area contributed by atoms with Gasteiger partial charge in [0.1, 0.15) is 5.57 Å². The highest BCUT2D eigenvalue weighted by Crippen LogP contribution is 2.35. The lowest BCUT2D eigenvalue weighted by Crippen LogP contribution is -2.35. The molecule has 0 radical (unpaired) electrons. The molecule has 0 saturated carbocycles. The monoisotopic (exact) mass is 574 g/mol. The Morgan fingerprint density at radius 3 is 2.38 bits per heavy atom. The average molecular weight is 577 g/mol. The Labute approximate surface area is 205 Å². The zero-order chi connectivity index (χ0) is 22.8. The highest BCUT2D eigenvalue weighted by Gasteiger charge is 2.34. The van der Waals surface area contributed by atoms with E-state index < -0.39 is 17.8 Å². The maximum atomic E-state index is 12.9. The summed E-state index contributed by atoms with van der Waals surface area (Å²) in [6.07, 6.45) is 1.39. The smallest absolute Gasteiger partial charge is 0.343 e. The van der Waals surface area contributed by atoms with Gasteiger partial charge >= 0.3 is 5.97 Å². The molecule has 4 rings (SSSR count). The lowest BCUT2D eigenvalue weighted by Gasteiger charge is -2.14. The van der Waals surface area contributed by atoms with E-state index in [0.29, 0.717) is 30.8 Å². The van der Waals surface area contributed by atoms with Gasteiger partial charge in [0, 0.05) is 15.1 Å². The summed E-state index contributed by atoms with van der Waals surface area (Å²) in [5, 5.41) is 1.66. The number of hydrogen-bond acceptors (Lipinski definition) is 4. The van der Waals surface area contributed by atoms with Crippen LogP contribution in [0.5, 0.6) is 5.75 Å². The molecule has 0 aromatic heterocycles. The van der Waals surface area contributed by atoms with Crippen LogP contribution in [0.2, 0.25) is 5.02 Å². The largest absolute Gasteiger partial charge is 0.421 e. The molecule has 0 spiro atoms. The number of nitrogens with zero attached hydrogens (tertiary/aromatic N) is 1. The molecule has 1 heterocycles. The summed E-state index contributed by atoms with van der Waals surface area (Å²) >= 11 is 12.6. The van der Waals surface area contributed by atoms with E-state index in [1.54, 1.807) is 60.7 Å². The van der Waals surface area contributed by atoms with Crippen LogP contribution in [0, 0.1) is 0 Å². The predicted octanol–water partition coefficient (Wildman–Crippen LogP) is 5.55. The molecule has 2 amide bonds. The molecule has 0 aliphatic carbocycles. The van der Waals surface area contributed by atoms with E-state index in [0.717, 1.165) is 0 Å². The molecular weight excluding hydrogens is 564 g/mol. The standard InChI is InChI=1S/C23H13Br2ClN2O4/c24-15-10-14(11-18-21(29)27-28(22(18)30)17-4-2-1-3-5-17)20(19(25)12-15)32-23(31)13-6-8-16(26)9-7-13/h1-12H,(H,27,29)/b18-11+. The van der Waals surface area contributed by atoms with Gasteiger partial charge in [0.05, 0.1) is 15.7 Å². The first-order valence-electron chi connectivity index (χ1n) is 9.22. The maximum Gasteiger partial charge on any atom is 0.343 e. The number of carbonyl (C=O) groups is 3. The number of nitrogens with one attached hydrogen (secondary N) is 1. The molecule has 1 saturated heterocycles. The lowest BCUT2D eigenvalue weighted by molar-refractivity contribution is -0.117. The Morgan fingerprint density at radius 1 is 1.00 bits per heavy atom. The highest BCUT2D eigenvalue weighted by atomic mass is 79.9. The Morgan fingerprint density at radius 2 is 1.69 bits per heavy atom. The quantitative estimate of drug-likeness (QED) is 0.191. The molecule has 0 unspecified atom stereocenters. The molecule has 32 heavy (non-hydrogen) atoms. The van der Waals surface area contributed by atoms with Gasteiger partial charge in [0.2, 0.25) is 0 Å². The molecule has 1 fully saturated rings. The number of anilines is 1. The van der Waals surface area contributed by atoms with E-state index in [-0.39, 0.29) is 11.3 Å². The second kappa shape index (κ2) is 9.28. The SMILES string of the molecule is O=C1NN(c2ccccc2)C(=O)/C1=C/c1cc(Br)cc(Br)c1OC(=O)c1ccc(Cl)cc1. The zero-order valence-electron chi connectivity index (χ0n) is 16.1. The van der Waals surface area contributed by atoms with Crippen molar-refractivity contribution in [2.45, 2.75) is 0 Å². The molecule has 6 nitrogen and oxygen atoms in total. The van der Waals surface area contributed by atoms with E-state index in [4.69, 9.17) is 16.3 Å². The van der Waals surface area contributed by atoms with Crippen molar-refractivity contribution in [3.05, 3.63) is 97.4 Å². The molecular formula is C23H13Br2ClN2O4. The Bertz CT molecular complexity index is 1260. The van der Waals surface area contributed by atoms with Gasteiger partial charge < -0.3 is 4.74 Å². The van der Waals surface area contributed by atoms with Gasteiger partial charge in [-0.15, -0.1) is 0 Å². The van der Waals surface area contributed by atoms with Crippen molar-refractivity contribution in [2.24, 2.45) is 0 Å². The molecule has 160 valence electrons. The summed E-state index contributed by atoms with van der Waals surface area (Å²) in [4.78, 5) is 38.1. The fraction of sp³-hybridized carbons (Fsp3) is 0. The molecule has 1 aliphatic rings. The van der Waals surface area contributed by atoms with Crippen LogP contribution in [0.3, 0.4) is 0 Å². The van der Waals surface area contributed by atoms with Crippen molar-refractivity contribution in [2.75, 3.05) is 5.01 Å². The number of para-hydroxylation sites is 1. The number of rotatable bonds is 4. The highest BCUT2D eigenvalue weighted by molar-refractivity contribution is 9.11. The molecule has 0 bridgehead atoms. The minimum atomic E-state index is -0.613. The number of hydrazine groups is 1. The van der Waals surface area contributed by atoms with Crippen molar-refractivity contribution >= 4 is 73.0 Å². The summed E-state index contributed by atoms with van der Waals surface area (Å²) in [5.41, 5.74) is 3.64. The van der Waals surface area contributed by atoms with Crippen molar-refractivity contribution in [3.63, 3.8) is 0 Å². The summed E-state index contributed by atoms with van der Waals surface area (Å²) in [5.74, 6) is -1.53. The maximum absolute atomic E-state index is 12.9. The number of esters is 1. The topological polar surface area (TPSA) is 75.7 Å². The first kappa shape index (κ1) is 22.3. The van der Waals surface area contributed by atoms with Gasteiger partial charge in [-0.05, 0) is 70.5 Å². The van der Waals surface area contributed by atoms with Gasteiger partial charge in [0.15, 0.2) is 5.75 Å². The average Bonchev–Trinajstić information content (AvgIpc) is 3.05. The van der Waals surface area contributed by atoms with Crippen molar-refractivity contribution in [1.82, 2.24) is 5.43 Å². The van der Waals surface area contributed by atoms with E-state index in [1.165, 1.54) is 11.1 Å². The van der Waals surface area contributed by atoms with E-state index in [1.807, 2.05) is 6.07 Å². The van der Waals surface area contributed by atoms with Gasteiger partial charge in [-0.25, -0.2) is 9.80 Å². The minimum Gasteiger partial charge on any atom is -0.421 e. The van der Waals surface area contributed by atoms with E-state index >= 15 is 0 Å². The number of halogens is 3. The lowest BCUT2D eigenvalue weighted by atomic mass is 10.1. The Kier molecular flexibility index (Phi) is 6.45. The molecule has 1 N–H and O–H groups in total. The van der Waals surface area contributed by atoms with Crippen molar-refractivity contribution < 1.29 is 19.1 Å². The molecule has 1 aliphatic heterocycles. The minimum absolute atomic E-state index is 0.0948. The summed E-state index contributed by atoms with van der Waals surface area (Å²) in [6, 6.07) is 18.3. The molecule has 9 heteroatoms. The number of benzene rings is 3. The predicted molar refractivity (Wildman–Crippen MR) is 128 cm³/mol. The Balaban J connectivity index is 1.70. The van der Waals surface area contributed by atoms with Gasteiger partial charge in [-0.2, -0.15) is 0 Å². The van der Waals surface area contributed by atoms with Crippen LogP contribution >= 0.6 is 43.5 Å². The number of hydrogen-bond donors (Lipinski definition) is 1. The first-order chi connectivity index (χ1) is 15.3. The number of amides is 2. The van der Waals surface area contributed by atoms with Crippen LogP contribution in [0.1, 0.15) is 15.9 Å². The fourth-order valence-electron chi connectivity index (χ4n) is 3.00. The summed E-state index contributed by atoms with van der Waals surface area (Å²) < 4.78 is 6.72. The van der Waals surface area contributed by atoms with Crippen LogP contribution in [0.4, 0.5) is 5.69 Å². The van der Waals surface area contributed by atoms with Crippen LogP contribution < -0.4 is 15.2 Å². The third-order valence-corrected chi connectivity index (χ3v) is 5.82. The van der Waals surface area contributed by atoms with E-state index in [9.17, 15) is 14.4 Å². The van der Waals surface area contributed by atoms with Crippen LogP contribution in [0.25, 0.3) is 6.08 Å². The molecule has 0 atom stereocenters. The number of ether oxygens (including phenoxy) is 1. The van der Waals surface area contributed by atoms with Gasteiger partial charge in [-0.1, -0.05) is 45.7 Å². The van der Waals surface area contributed by atoms with Crippen LogP contribution in [-0.2, 0) is 9.59 Å². The van der Waals surface area contributed by atoms with Crippen molar-refractivity contribution in [1.29, 1.82) is 0 Å². The van der Waals surface area contributed by atoms with Crippen LogP contribution in [0.15, 0.2) is 81.2 Å². The van der Waals surface area contributed by atoms with E-state index in [2.05, 4.69) is 37.3 Å². The normalized spacial score (nSPS) is 14.6. The van der Waals surface area contributed by atoms with Gasteiger partial charge in [-0.3, -0.25) is 15.0 Å². The second-order valence-corrected chi connectivity index (χ2v) is 8.88. The first-order valence-corrected chi connectivity index (χ1v) is 11.2. The fourth-order valence-corrected chi connectivity index (χ4v) is 4.47. The van der Waals surface area contributed by atoms with Crippen molar-refractivity contribution in [3.8, 4) is 5.75 Å². The molecule has 3 aromatic rings. The third kappa shape index (κ3) is 4.62. The van der Waals surface area contributed by atoms with Gasteiger partial charge in [0.25, 0.3) is 11.8 Å². The summed E-state index contributed by atoms with van der Waals surface area (Å²) in [7, 11) is 0. The second-order valence-electron chi connectivity index (χ2n) is 6.68. The third-order valence-electron chi connectivity index (χ3n) is 4.52. The number of carbonyl (C=O) groups excluding carboxylic acids is 3. The summed E-state index contributed by atoms with van der Waals surface area (Å²) in [6.45, 7) is 0. The molecule has 3 aromatic carbocycles. The Hall–Kier alpha value is -2.94. The van der Waals surface area contributed by atoms with Crippen LogP contribution in [-0.4, -0.2) is 17.8 Å².